The third-order valence-electron chi connectivity index (χ3n) is 3.21. The second kappa shape index (κ2) is 6.37. The summed E-state index contributed by atoms with van der Waals surface area (Å²) < 4.78 is 0. The van der Waals surface area contributed by atoms with Crippen molar-refractivity contribution in [1.29, 1.82) is 0 Å². The van der Waals surface area contributed by atoms with Gasteiger partial charge in [-0.1, -0.05) is 18.2 Å². The van der Waals surface area contributed by atoms with Gasteiger partial charge in [-0.3, -0.25) is 0 Å². The summed E-state index contributed by atoms with van der Waals surface area (Å²) in [5.74, 6) is 0. The number of para-hydroxylation sites is 1. The number of hydrogen-bond donors (Lipinski definition) is 1. The molecule has 1 N–H and O–H groups in total. The van der Waals surface area contributed by atoms with Gasteiger partial charge in [0.2, 0.25) is 0 Å². The standard InChI is InChI=1S/C16H23N3S/c1-11-16(20-13(3)17-11)12(2)18-15-9-7-6-8-14(15)10-19(4)5/h6-9,12,18H,10H2,1-5H3. The third-order valence-corrected chi connectivity index (χ3v) is 4.46. The van der Waals surface area contributed by atoms with E-state index in [-0.39, 0.29) is 6.04 Å². The molecule has 0 saturated heterocycles. The topological polar surface area (TPSA) is 28.2 Å². The average Bonchev–Trinajstić information content (AvgIpc) is 2.70. The molecular formula is C16H23N3S. The monoisotopic (exact) mass is 289 g/mol. The molecule has 1 heterocycles. The summed E-state index contributed by atoms with van der Waals surface area (Å²) >= 11 is 1.78. The molecule has 0 saturated carbocycles. The van der Waals surface area contributed by atoms with E-state index < -0.39 is 0 Å². The fourth-order valence-corrected chi connectivity index (χ4v) is 3.32. The first-order valence-electron chi connectivity index (χ1n) is 6.90. The second-order valence-corrected chi connectivity index (χ2v) is 6.68. The fraction of sp³-hybridized carbons (Fsp3) is 0.438. The van der Waals surface area contributed by atoms with Gasteiger partial charge in [0.05, 0.1) is 16.7 Å². The van der Waals surface area contributed by atoms with Crippen molar-refractivity contribution in [2.24, 2.45) is 0 Å². The third kappa shape index (κ3) is 3.58. The largest absolute Gasteiger partial charge is 0.377 e. The van der Waals surface area contributed by atoms with Crippen LogP contribution in [0.15, 0.2) is 24.3 Å². The van der Waals surface area contributed by atoms with Crippen LogP contribution >= 0.6 is 11.3 Å². The predicted octanol–water partition coefficient (Wildman–Crippen LogP) is 3.99. The maximum absolute atomic E-state index is 4.51. The van der Waals surface area contributed by atoms with Crippen LogP contribution in [0, 0.1) is 13.8 Å². The van der Waals surface area contributed by atoms with Crippen molar-refractivity contribution in [1.82, 2.24) is 9.88 Å². The molecule has 0 aliphatic rings. The molecule has 2 aromatic rings. The SMILES string of the molecule is Cc1nc(C)c(C(C)Nc2ccccc2CN(C)C)s1. The zero-order valence-electron chi connectivity index (χ0n) is 12.9. The van der Waals surface area contributed by atoms with Gasteiger partial charge in [-0.25, -0.2) is 4.98 Å². The van der Waals surface area contributed by atoms with E-state index in [2.05, 4.69) is 74.3 Å². The van der Waals surface area contributed by atoms with Gasteiger partial charge in [0, 0.05) is 17.1 Å². The highest BCUT2D eigenvalue weighted by Crippen LogP contribution is 2.28. The van der Waals surface area contributed by atoms with E-state index in [1.165, 1.54) is 16.1 Å². The molecule has 0 amide bonds. The van der Waals surface area contributed by atoms with Crippen LogP contribution in [0.3, 0.4) is 0 Å². The Bertz CT molecular complexity index is 575. The Morgan fingerprint density at radius 1 is 1.25 bits per heavy atom. The van der Waals surface area contributed by atoms with Crippen LogP contribution in [-0.2, 0) is 6.54 Å². The van der Waals surface area contributed by atoms with Gasteiger partial charge in [0.15, 0.2) is 0 Å². The van der Waals surface area contributed by atoms with Crippen LogP contribution in [0.25, 0.3) is 0 Å². The number of hydrogen-bond acceptors (Lipinski definition) is 4. The molecule has 2 rings (SSSR count). The molecule has 0 bridgehead atoms. The molecule has 1 aromatic carbocycles. The molecule has 1 unspecified atom stereocenters. The molecule has 3 nitrogen and oxygen atoms in total. The minimum atomic E-state index is 0.282. The first-order chi connectivity index (χ1) is 9.47. The molecule has 0 spiro atoms. The predicted molar refractivity (Wildman–Crippen MR) is 87.5 cm³/mol. The van der Waals surface area contributed by atoms with Crippen molar-refractivity contribution in [3.8, 4) is 0 Å². The van der Waals surface area contributed by atoms with E-state index in [1.807, 2.05) is 0 Å². The summed E-state index contributed by atoms with van der Waals surface area (Å²) in [6.07, 6.45) is 0. The van der Waals surface area contributed by atoms with Crippen LogP contribution < -0.4 is 5.32 Å². The molecule has 0 radical (unpaired) electrons. The van der Waals surface area contributed by atoms with Gasteiger partial charge >= 0.3 is 0 Å². The van der Waals surface area contributed by atoms with Crippen molar-refractivity contribution in [3.63, 3.8) is 0 Å². The summed E-state index contributed by atoms with van der Waals surface area (Å²) in [4.78, 5) is 8.02. The lowest BCUT2D eigenvalue weighted by atomic mass is 10.1. The molecule has 4 heteroatoms. The Kier molecular flexibility index (Phi) is 4.78. The number of benzene rings is 1. The van der Waals surface area contributed by atoms with Gasteiger partial charge < -0.3 is 10.2 Å². The van der Waals surface area contributed by atoms with Gasteiger partial charge in [-0.05, 0) is 46.5 Å². The van der Waals surface area contributed by atoms with Gasteiger partial charge in [-0.2, -0.15) is 0 Å². The number of nitrogens with one attached hydrogen (secondary N) is 1. The van der Waals surface area contributed by atoms with E-state index in [9.17, 15) is 0 Å². The van der Waals surface area contributed by atoms with E-state index in [1.54, 1.807) is 11.3 Å². The van der Waals surface area contributed by atoms with Crippen molar-refractivity contribution in [2.75, 3.05) is 19.4 Å². The Labute approximate surface area is 125 Å². The van der Waals surface area contributed by atoms with Crippen molar-refractivity contribution in [2.45, 2.75) is 33.4 Å². The fourth-order valence-electron chi connectivity index (χ4n) is 2.39. The minimum absolute atomic E-state index is 0.282. The molecule has 0 aliphatic carbocycles. The molecule has 108 valence electrons. The van der Waals surface area contributed by atoms with Crippen molar-refractivity contribution >= 4 is 17.0 Å². The molecule has 1 atom stereocenters. The maximum Gasteiger partial charge on any atom is 0.0900 e. The molecule has 0 fully saturated rings. The number of anilines is 1. The van der Waals surface area contributed by atoms with Crippen LogP contribution in [0.4, 0.5) is 5.69 Å². The van der Waals surface area contributed by atoms with Crippen molar-refractivity contribution < 1.29 is 0 Å². The first-order valence-corrected chi connectivity index (χ1v) is 7.72. The summed E-state index contributed by atoms with van der Waals surface area (Å²) in [5.41, 5.74) is 3.67. The normalized spacial score (nSPS) is 12.7. The number of rotatable bonds is 5. The summed E-state index contributed by atoms with van der Waals surface area (Å²) in [6, 6.07) is 8.79. The zero-order valence-corrected chi connectivity index (χ0v) is 13.7. The average molecular weight is 289 g/mol. The number of thiazole rings is 1. The number of aryl methyl sites for hydroxylation is 2. The smallest absolute Gasteiger partial charge is 0.0900 e. The number of aromatic nitrogens is 1. The molecule has 0 aliphatic heterocycles. The van der Waals surface area contributed by atoms with Crippen LogP contribution in [-0.4, -0.2) is 24.0 Å². The minimum Gasteiger partial charge on any atom is -0.377 e. The Hall–Kier alpha value is -1.39. The molecule has 1 aromatic heterocycles. The van der Waals surface area contributed by atoms with Crippen molar-refractivity contribution in [3.05, 3.63) is 45.4 Å². The lowest BCUT2D eigenvalue weighted by Crippen LogP contribution is -2.14. The van der Waals surface area contributed by atoms with Gasteiger partial charge in [-0.15, -0.1) is 11.3 Å². The zero-order chi connectivity index (χ0) is 14.7. The van der Waals surface area contributed by atoms with Crippen LogP contribution in [0.5, 0.6) is 0 Å². The highest BCUT2D eigenvalue weighted by Gasteiger charge is 2.14. The van der Waals surface area contributed by atoms with E-state index >= 15 is 0 Å². The van der Waals surface area contributed by atoms with Gasteiger partial charge in [0.25, 0.3) is 0 Å². The lowest BCUT2D eigenvalue weighted by molar-refractivity contribution is 0.403. The van der Waals surface area contributed by atoms with E-state index in [4.69, 9.17) is 0 Å². The van der Waals surface area contributed by atoms with E-state index in [0.29, 0.717) is 0 Å². The summed E-state index contributed by atoms with van der Waals surface area (Å²) in [7, 11) is 4.19. The van der Waals surface area contributed by atoms with E-state index in [0.717, 1.165) is 17.2 Å². The highest BCUT2D eigenvalue weighted by atomic mass is 32.1. The van der Waals surface area contributed by atoms with Crippen LogP contribution in [0.2, 0.25) is 0 Å². The Morgan fingerprint density at radius 2 is 1.95 bits per heavy atom. The highest BCUT2D eigenvalue weighted by molar-refractivity contribution is 7.11. The Morgan fingerprint density at radius 3 is 2.55 bits per heavy atom. The molecule has 20 heavy (non-hydrogen) atoms. The number of nitrogens with zero attached hydrogens (tertiary/aromatic N) is 2. The second-order valence-electron chi connectivity index (χ2n) is 5.44. The summed E-state index contributed by atoms with van der Waals surface area (Å²) in [6.45, 7) is 7.29. The summed E-state index contributed by atoms with van der Waals surface area (Å²) in [5, 5.41) is 4.76. The van der Waals surface area contributed by atoms with Crippen LogP contribution in [0.1, 0.15) is 34.1 Å². The quantitative estimate of drug-likeness (QED) is 0.902. The Balaban J connectivity index is 2.19. The first kappa shape index (κ1) is 15.0. The maximum atomic E-state index is 4.51. The van der Waals surface area contributed by atoms with Gasteiger partial charge in [0.1, 0.15) is 0 Å². The molecular weight excluding hydrogens is 266 g/mol. The lowest BCUT2D eigenvalue weighted by Gasteiger charge is -2.19.